The smallest absolute Gasteiger partial charge is 0.337 e. The number of hydrogen-bond donors (Lipinski definition) is 0. The van der Waals surface area contributed by atoms with Crippen LogP contribution in [0.25, 0.3) is 0 Å². The van der Waals surface area contributed by atoms with Crippen LogP contribution in [0.4, 0.5) is 0 Å². The van der Waals surface area contributed by atoms with Gasteiger partial charge in [-0.1, -0.05) is 18.2 Å². The first kappa shape index (κ1) is 21.9. The van der Waals surface area contributed by atoms with Gasteiger partial charge in [0.1, 0.15) is 0 Å². The van der Waals surface area contributed by atoms with Gasteiger partial charge in [-0.3, -0.25) is 9.80 Å². The maximum absolute atomic E-state index is 11.6. The molecule has 0 unspecified atom stereocenters. The summed E-state index contributed by atoms with van der Waals surface area (Å²) in [6.07, 6.45) is 0. The molecule has 0 atom stereocenters. The largest absolute Gasteiger partial charge is 0.493 e. The predicted molar refractivity (Wildman–Crippen MR) is 114 cm³/mol. The summed E-state index contributed by atoms with van der Waals surface area (Å²) in [6.45, 7) is 5.57. The SMILES string of the molecule is COC(=O)c1ccc(CN2CCN(Cc3ccc(OC)c(OC)c3OC)CC2)cc1. The number of ether oxygens (including phenoxy) is 4. The van der Waals surface area contributed by atoms with Crippen LogP contribution in [-0.2, 0) is 17.8 Å². The molecule has 0 aromatic heterocycles. The lowest BCUT2D eigenvalue weighted by Crippen LogP contribution is -2.45. The van der Waals surface area contributed by atoms with E-state index in [4.69, 9.17) is 18.9 Å². The molecule has 0 bridgehead atoms. The number of nitrogens with zero attached hydrogens (tertiary/aromatic N) is 2. The van der Waals surface area contributed by atoms with Crippen molar-refractivity contribution in [3.63, 3.8) is 0 Å². The van der Waals surface area contributed by atoms with Crippen LogP contribution in [0.2, 0.25) is 0 Å². The lowest BCUT2D eigenvalue weighted by molar-refractivity contribution is 0.0600. The standard InChI is InChI=1S/C23H30N2O5/c1-27-20-10-9-19(21(28-2)22(20)29-3)16-25-13-11-24(12-14-25)15-17-5-7-18(8-6-17)23(26)30-4/h5-10H,11-16H2,1-4H3. The molecule has 2 aromatic carbocycles. The van der Waals surface area contributed by atoms with Crippen molar-refractivity contribution in [1.82, 2.24) is 9.80 Å². The molecule has 1 aliphatic rings. The van der Waals surface area contributed by atoms with Gasteiger partial charge in [0, 0.05) is 44.8 Å². The molecule has 1 aliphatic heterocycles. The highest BCUT2D eigenvalue weighted by Crippen LogP contribution is 2.40. The summed E-state index contributed by atoms with van der Waals surface area (Å²) in [5, 5.41) is 0. The van der Waals surface area contributed by atoms with Gasteiger partial charge in [-0.25, -0.2) is 4.79 Å². The van der Waals surface area contributed by atoms with Gasteiger partial charge in [0.25, 0.3) is 0 Å². The fourth-order valence-electron chi connectivity index (χ4n) is 3.76. The Bertz CT molecular complexity index is 845. The van der Waals surface area contributed by atoms with Gasteiger partial charge in [-0.15, -0.1) is 0 Å². The van der Waals surface area contributed by atoms with Crippen molar-refractivity contribution in [3.8, 4) is 17.2 Å². The van der Waals surface area contributed by atoms with Crippen molar-refractivity contribution in [2.24, 2.45) is 0 Å². The monoisotopic (exact) mass is 414 g/mol. The van der Waals surface area contributed by atoms with Gasteiger partial charge < -0.3 is 18.9 Å². The van der Waals surface area contributed by atoms with Crippen LogP contribution in [-0.4, -0.2) is 70.4 Å². The molecule has 1 saturated heterocycles. The van der Waals surface area contributed by atoms with Crippen molar-refractivity contribution in [3.05, 3.63) is 53.1 Å². The minimum atomic E-state index is -0.305. The number of piperazine rings is 1. The summed E-state index contributed by atoms with van der Waals surface area (Å²) in [6, 6.07) is 11.6. The Balaban J connectivity index is 1.57. The van der Waals surface area contributed by atoms with Crippen LogP contribution in [0, 0.1) is 0 Å². The third-order valence-corrected chi connectivity index (χ3v) is 5.43. The average molecular weight is 415 g/mol. The molecule has 1 fully saturated rings. The third kappa shape index (κ3) is 5.04. The van der Waals surface area contributed by atoms with Crippen LogP contribution in [0.15, 0.2) is 36.4 Å². The quantitative estimate of drug-likeness (QED) is 0.616. The fourth-order valence-corrected chi connectivity index (χ4v) is 3.76. The van der Waals surface area contributed by atoms with Gasteiger partial charge in [0.2, 0.25) is 5.75 Å². The Kier molecular flexibility index (Phi) is 7.54. The molecule has 0 amide bonds. The molecule has 7 heteroatoms. The Labute approximate surface area is 178 Å². The number of methoxy groups -OCH3 is 4. The van der Waals surface area contributed by atoms with Crippen LogP contribution in [0.1, 0.15) is 21.5 Å². The van der Waals surface area contributed by atoms with Crippen molar-refractivity contribution in [1.29, 1.82) is 0 Å². The molecular formula is C23H30N2O5. The molecule has 162 valence electrons. The van der Waals surface area contributed by atoms with Crippen molar-refractivity contribution in [2.75, 3.05) is 54.6 Å². The van der Waals surface area contributed by atoms with Gasteiger partial charge in [-0.2, -0.15) is 0 Å². The number of carbonyl (C=O) groups excluding carboxylic acids is 1. The molecule has 7 nitrogen and oxygen atoms in total. The third-order valence-electron chi connectivity index (χ3n) is 5.43. The van der Waals surface area contributed by atoms with E-state index in [-0.39, 0.29) is 5.97 Å². The van der Waals surface area contributed by atoms with E-state index < -0.39 is 0 Å². The maximum atomic E-state index is 11.6. The van der Waals surface area contributed by atoms with Gasteiger partial charge in [0.15, 0.2) is 11.5 Å². The highest BCUT2D eigenvalue weighted by Gasteiger charge is 2.21. The van der Waals surface area contributed by atoms with Crippen molar-refractivity contribution >= 4 is 5.97 Å². The lowest BCUT2D eigenvalue weighted by atomic mass is 10.1. The van der Waals surface area contributed by atoms with Gasteiger partial charge in [-0.05, 0) is 23.8 Å². The summed E-state index contributed by atoms with van der Waals surface area (Å²) in [5.74, 6) is 1.72. The lowest BCUT2D eigenvalue weighted by Gasteiger charge is -2.35. The Morgan fingerprint density at radius 2 is 1.37 bits per heavy atom. The van der Waals surface area contributed by atoms with E-state index in [2.05, 4.69) is 9.80 Å². The molecule has 3 rings (SSSR count). The molecular weight excluding hydrogens is 384 g/mol. The number of carbonyl (C=O) groups is 1. The summed E-state index contributed by atoms with van der Waals surface area (Å²) in [7, 11) is 6.30. The first-order chi connectivity index (χ1) is 14.6. The van der Waals surface area contributed by atoms with E-state index in [0.717, 1.165) is 50.6 Å². The van der Waals surface area contributed by atoms with Crippen LogP contribution < -0.4 is 14.2 Å². The van der Waals surface area contributed by atoms with E-state index in [1.54, 1.807) is 21.3 Å². The first-order valence-electron chi connectivity index (χ1n) is 9.99. The molecule has 0 aliphatic carbocycles. The molecule has 2 aromatic rings. The molecule has 0 N–H and O–H groups in total. The second-order valence-electron chi connectivity index (χ2n) is 7.23. The van der Waals surface area contributed by atoms with Crippen LogP contribution in [0.5, 0.6) is 17.2 Å². The number of rotatable bonds is 8. The normalized spacial score (nSPS) is 14.9. The van der Waals surface area contributed by atoms with Gasteiger partial charge in [0.05, 0.1) is 34.0 Å². The fraction of sp³-hybridized carbons (Fsp3) is 0.435. The minimum absolute atomic E-state index is 0.305. The van der Waals surface area contributed by atoms with Crippen molar-refractivity contribution < 1.29 is 23.7 Å². The summed E-state index contributed by atoms with van der Waals surface area (Å²) in [5.41, 5.74) is 2.86. The molecule has 30 heavy (non-hydrogen) atoms. The second kappa shape index (κ2) is 10.3. The molecule has 0 spiro atoms. The maximum Gasteiger partial charge on any atom is 0.337 e. The summed E-state index contributed by atoms with van der Waals surface area (Å²) >= 11 is 0. The average Bonchev–Trinajstić information content (AvgIpc) is 2.79. The van der Waals surface area contributed by atoms with E-state index in [9.17, 15) is 4.79 Å². The van der Waals surface area contributed by atoms with E-state index in [1.807, 2.05) is 36.4 Å². The number of esters is 1. The van der Waals surface area contributed by atoms with Crippen LogP contribution in [0.3, 0.4) is 0 Å². The summed E-state index contributed by atoms with van der Waals surface area (Å²) in [4.78, 5) is 16.4. The number of benzene rings is 2. The molecule has 0 saturated carbocycles. The topological polar surface area (TPSA) is 60.5 Å². The zero-order valence-corrected chi connectivity index (χ0v) is 18.1. The van der Waals surface area contributed by atoms with Gasteiger partial charge >= 0.3 is 5.97 Å². The predicted octanol–water partition coefficient (Wildman–Crippen LogP) is 2.82. The molecule has 0 radical (unpaired) electrons. The zero-order chi connectivity index (χ0) is 21.5. The Morgan fingerprint density at radius 1 is 0.767 bits per heavy atom. The Hall–Kier alpha value is -2.77. The minimum Gasteiger partial charge on any atom is -0.493 e. The first-order valence-corrected chi connectivity index (χ1v) is 9.99. The zero-order valence-electron chi connectivity index (χ0n) is 18.1. The molecule has 1 heterocycles. The highest BCUT2D eigenvalue weighted by atomic mass is 16.5. The van der Waals surface area contributed by atoms with Crippen LogP contribution >= 0.6 is 0 Å². The Morgan fingerprint density at radius 3 is 1.90 bits per heavy atom. The number of hydrogen-bond acceptors (Lipinski definition) is 7. The highest BCUT2D eigenvalue weighted by molar-refractivity contribution is 5.89. The van der Waals surface area contributed by atoms with E-state index >= 15 is 0 Å². The second-order valence-corrected chi connectivity index (χ2v) is 7.23. The van der Waals surface area contributed by atoms with Crippen molar-refractivity contribution in [2.45, 2.75) is 13.1 Å². The van der Waals surface area contributed by atoms with E-state index in [1.165, 1.54) is 12.7 Å². The van der Waals surface area contributed by atoms with E-state index in [0.29, 0.717) is 17.1 Å². The summed E-state index contributed by atoms with van der Waals surface area (Å²) < 4.78 is 21.2.